The topological polar surface area (TPSA) is 72.9 Å². The van der Waals surface area contributed by atoms with Gasteiger partial charge in [0.15, 0.2) is 0 Å². The van der Waals surface area contributed by atoms with Crippen LogP contribution in [0, 0.1) is 12.8 Å². The summed E-state index contributed by atoms with van der Waals surface area (Å²) in [6.45, 7) is 3.65. The molecule has 1 atom stereocenters. The molecular weight excluding hydrogens is 342 g/mol. The molecule has 2 fully saturated rings. The summed E-state index contributed by atoms with van der Waals surface area (Å²) in [5.41, 5.74) is 1.02. The van der Waals surface area contributed by atoms with Crippen LogP contribution in [-0.2, 0) is 24.3 Å². The molecule has 7 heteroatoms. The fourth-order valence-electron chi connectivity index (χ4n) is 3.26. The lowest BCUT2D eigenvalue weighted by Crippen LogP contribution is -2.40. The number of nitrogens with zero attached hydrogens (tertiary/aromatic N) is 1. The van der Waals surface area contributed by atoms with Gasteiger partial charge >= 0.3 is 5.97 Å². The van der Waals surface area contributed by atoms with Gasteiger partial charge in [-0.05, 0) is 44.7 Å². The van der Waals surface area contributed by atoms with Crippen LogP contribution in [0.1, 0.15) is 31.2 Å². The molecule has 25 heavy (non-hydrogen) atoms. The van der Waals surface area contributed by atoms with Crippen molar-refractivity contribution in [2.24, 2.45) is 5.92 Å². The summed E-state index contributed by atoms with van der Waals surface area (Å²) in [6.07, 6.45) is 2.95. The minimum atomic E-state index is -3.49. The first-order valence-corrected chi connectivity index (χ1v) is 10.3. The third-order valence-electron chi connectivity index (χ3n) is 4.88. The first-order valence-electron chi connectivity index (χ1n) is 8.82. The Morgan fingerprint density at radius 1 is 1.20 bits per heavy atom. The summed E-state index contributed by atoms with van der Waals surface area (Å²) in [4.78, 5) is 12.5. The second-order valence-corrected chi connectivity index (χ2v) is 8.69. The highest BCUT2D eigenvalue weighted by molar-refractivity contribution is 7.89. The zero-order chi connectivity index (χ0) is 17.9. The summed E-state index contributed by atoms with van der Waals surface area (Å²) in [5.74, 6) is -0.464. The highest BCUT2D eigenvalue weighted by atomic mass is 32.2. The molecule has 0 saturated carbocycles. The molecule has 1 aromatic carbocycles. The Kier molecular flexibility index (Phi) is 5.76. The lowest BCUT2D eigenvalue weighted by molar-refractivity contribution is -0.153. The molecule has 138 valence electrons. The van der Waals surface area contributed by atoms with E-state index in [0.717, 1.165) is 25.0 Å². The van der Waals surface area contributed by atoms with Gasteiger partial charge in [-0.3, -0.25) is 4.79 Å². The summed E-state index contributed by atoms with van der Waals surface area (Å²) in [7, 11) is -3.49. The minimum Gasteiger partial charge on any atom is -0.463 e. The van der Waals surface area contributed by atoms with Crippen molar-refractivity contribution in [2.45, 2.75) is 43.6 Å². The van der Waals surface area contributed by atoms with Crippen LogP contribution in [0.5, 0.6) is 0 Å². The quantitative estimate of drug-likeness (QED) is 0.746. The number of benzene rings is 1. The monoisotopic (exact) mass is 367 g/mol. The molecule has 0 aliphatic carbocycles. The third-order valence-corrected chi connectivity index (χ3v) is 6.79. The summed E-state index contributed by atoms with van der Waals surface area (Å²) < 4.78 is 37.6. The number of ether oxygens (including phenoxy) is 2. The lowest BCUT2D eigenvalue weighted by Gasteiger charge is -2.30. The number of hydrogen-bond donors (Lipinski definition) is 0. The largest absolute Gasteiger partial charge is 0.463 e. The van der Waals surface area contributed by atoms with Gasteiger partial charge in [-0.1, -0.05) is 17.7 Å². The Balaban J connectivity index is 1.52. The zero-order valence-corrected chi connectivity index (χ0v) is 15.3. The van der Waals surface area contributed by atoms with E-state index in [9.17, 15) is 13.2 Å². The predicted molar refractivity (Wildman–Crippen MR) is 92.6 cm³/mol. The van der Waals surface area contributed by atoms with E-state index in [1.807, 2.05) is 6.92 Å². The molecule has 0 spiro atoms. The van der Waals surface area contributed by atoms with E-state index in [4.69, 9.17) is 9.47 Å². The van der Waals surface area contributed by atoms with Crippen molar-refractivity contribution < 1.29 is 22.7 Å². The molecule has 2 heterocycles. The molecule has 2 aliphatic rings. The van der Waals surface area contributed by atoms with E-state index in [1.54, 1.807) is 24.3 Å². The van der Waals surface area contributed by atoms with Gasteiger partial charge in [0, 0.05) is 19.7 Å². The van der Waals surface area contributed by atoms with Crippen LogP contribution < -0.4 is 0 Å². The highest BCUT2D eigenvalue weighted by Crippen LogP contribution is 2.25. The van der Waals surface area contributed by atoms with Gasteiger partial charge < -0.3 is 9.47 Å². The van der Waals surface area contributed by atoms with Crippen LogP contribution in [0.2, 0.25) is 0 Å². The standard InChI is InChI=1S/C18H25NO5S/c1-14-4-6-17(7-5-14)25(21,22)19-10-8-15(9-11-19)18(20)24-13-16-3-2-12-23-16/h4-7,15-16H,2-3,8-13H2,1H3. The average Bonchev–Trinajstić information content (AvgIpc) is 3.14. The van der Waals surface area contributed by atoms with E-state index in [-0.39, 0.29) is 18.0 Å². The predicted octanol–water partition coefficient (Wildman–Crippen LogP) is 2.12. The Labute approximate surface area is 149 Å². The second-order valence-electron chi connectivity index (χ2n) is 6.76. The van der Waals surface area contributed by atoms with E-state index < -0.39 is 10.0 Å². The molecule has 2 aliphatic heterocycles. The normalized spacial score (nSPS) is 22.8. The maximum Gasteiger partial charge on any atom is 0.309 e. The van der Waals surface area contributed by atoms with Crippen LogP contribution in [0.15, 0.2) is 29.2 Å². The molecule has 0 radical (unpaired) electrons. The van der Waals surface area contributed by atoms with Crippen molar-refractivity contribution in [3.05, 3.63) is 29.8 Å². The summed E-state index contributed by atoms with van der Waals surface area (Å²) in [5, 5.41) is 0. The smallest absolute Gasteiger partial charge is 0.309 e. The molecule has 0 bridgehead atoms. The van der Waals surface area contributed by atoms with E-state index in [1.165, 1.54) is 4.31 Å². The maximum atomic E-state index is 12.7. The van der Waals surface area contributed by atoms with Crippen molar-refractivity contribution in [1.29, 1.82) is 0 Å². The van der Waals surface area contributed by atoms with Gasteiger partial charge in [-0.15, -0.1) is 0 Å². The Hall–Kier alpha value is -1.44. The van der Waals surface area contributed by atoms with Gasteiger partial charge in [-0.2, -0.15) is 4.31 Å². The molecule has 1 aromatic rings. The Morgan fingerprint density at radius 2 is 1.88 bits per heavy atom. The highest BCUT2D eigenvalue weighted by Gasteiger charge is 2.33. The first-order chi connectivity index (χ1) is 12.0. The number of rotatable bonds is 5. The van der Waals surface area contributed by atoms with E-state index >= 15 is 0 Å². The van der Waals surface area contributed by atoms with Crippen LogP contribution in [0.25, 0.3) is 0 Å². The van der Waals surface area contributed by atoms with Crippen molar-refractivity contribution in [3.63, 3.8) is 0 Å². The van der Waals surface area contributed by atoms with Gasteiger partial charge in [0.25, 0.3) is 0 Å². The van der Waals surface area contributed by atoms with Crippen LogP contribution in [-0.4, -0.2) is 51.1 Å². The van der Waals surface area contributed by atoms with E-state index in [2.05, 4.69) is 0 Å². The number of sulfonamides is 1. The molecule has 2 saturated heterocycles. The molecule has 1 unspecified atom stereocenters. The summed E-state index contributed by atoms with van der Waals surface area (Å²) >= 11 is 0. The average molecular weight is 367 g/mol. The molecular formula is C18H25NO5S. The SMILES string of the molecule is Cc1ccc(S(=O)(=O)N2CCC(C(=O)OCC3CCCO3)CC2)cc1. The van der Waals surface area contributed by atoms with Crippen LogP contribution in [0.3, 0.4) is 0 Å². The van der Waals surface area contributed by atoms with E-state index in [0.29, 0.717) is 37.4 Å². The third kappa shape index (κ3) is 4.40. The Bertz CT molecular complexity index is 687. The zero-order valence-electron chi connectivity index (χ0n) is 14.5. The van der Waals surface area contributed by atoms with Gasteiger partial charge in [-0.25, -0.2) is 8.42 Å². The van der Waals surface area contributed by atoms with Crippen molar-refractivity contribution in [3.8, 4) is 0 Å². The van der Waals surface area contributed by atoms with Gasteiger partial charge in [0.1, 0.15) is 6.61 Å². The molecule has 3 rings (SSSR count). The van der Waals surface area contributed by atoms with Crippen LogP contribution in [0.4, 0.5) is 0 Å². The number of carbonyl (C=O) groups excluding carboxylic acids is 1. The van der Waals surface area contributed by atoms with Crippen molar-refractivity contribution >= 4 is 16.0 Å². The maximum absolute atomic E-state index is 12.7. The van der Waals surface area contributed by atoms with Gasteiger partial charge in [0.05, 0.1) is 16.9 Å². The molecule has 0 aromatic heterocycles. The summed E-state index contributed by atoms with van der Waals surface area (Å²) in [6, 6.07) is 6.85. The minimum absolute atomic E-state index is 0.0194. The second kappa shape index (κ2) is 7.85. The van der Waals surface area contributed by atoms with Crippen LogP contribution >= 0.6 is 0 Å². The van der Waals surface area contributed by atoms with Crippen molar-refractivity contribution in [1.82, 2.24) is 4.31 Å². The fraction of sp³-hybridized carbons (Fsp3) is 0.611. The van der Waals surface area contributed by atoms with Crippen molar-refractivity contribution in [2.75, 3.05) is 26.3 Å². The lowest BCUT2D eigenvalue weighted by atomic mass is 9.98. The Morgan fingerprint density at radius 3 is 2.48 bits per heavy atom. The molecule has 0 N–H and O–H groups in total. The first kappa shape index (κ1) is 18.4. The molecule has 0 amide bonds. The fourth-order valence-corrected chi connectivity index (χ4v) is 4.73. The number of piperidine rings is 1. The number of esters is 1. The number of carbonyl (C=O) groups is 1. The molecule has 6 nitrogen and oxygen atoms in total. The number of hydrogen-bond acceptors (Lipinski definition) is 5. The number of aryl methyl sites for hydroxylation is 1. The van der Waals surface area contributed by atoms with Gasteiger partial charge in [0.2, 0.25) is 10.0 Å².